The molecule has 2 aromatic rings. The van der Waals surface area contributed by atoms with E-state index in [9.17, 15) is 0 Å². The summed E-state index contributed by atoms with van der Waals surface area (Å²) in [6.07, 6.45) is 2.17. The molecule has 0 bridgehead atoms. The van der Waals surface area contributed by atoms with Gasteiger partial charge in [0.25, 0.3) is 0 Å². The second-order valence-corrected chi connectivity index (χ2v) is 6.97. The highest BCUT2D eigenvalue weighted by atomic mass is 14.3. The first-order chi connectivity index (χ1) is 10.3. The SMILES string of the molecule is [B]C(=C)c1cccc2c1/C(=C\C)c1ccc(C(C)(C)C)cc1-2. The van der Waals surface area contributed by atoms with Crippen LogP contribution in [0.5, 0.6) is 0 Å². The number of benzene rings is 2. The molecular weight excluding hydrogens is 263 g/mol. The van der Waals surface area contributed by atoms with Crippen molar-refractivity contribution in [2.24, 2.45) is 0 Å². The molecule has 1 aliphatic carbocycles. The molecule has 0 amide bonds. The van der Waals surface area contributed by atoms with E-state index in [1.165, 1.54) is 33.4 Å². The van der Waals surface area contributed by atoms with E-state index in [0.717, 1.165) is 5.56 Å². The van der Waals surface area contributed by atoms with E-state index in [0.29, 0.717) is 5.47 Å². The van der Waals surface area contributed by atoms with Crippen molar-refractivity contribution in [3.63, 3.8) is 0 Å². The van der Waals surface area contributed by atoms with Gasteiger partial charge in [-0.2, -0.15) is 0 Å². The maximum Gasteiger partial charge on any atom is 0.113 e. The lowest BCUT2D eigenvalue weighted by Gasteiger charge is -2.20. The Morgan fingerprint density at radius 1 is 1.05 bits per heavy atom. The van der Waals surface area contributed by atoms with E-state index in [4.69, 9.17) is 7.85 Å². The van der Waals surface area contributed by atoms with E-state index in [-0.39, 0.29) is 5.41 Å². The molecule has 2 radical (unpaired) electrons. The highest BCUT2D eigenvalue weighted by Gasteiger charge is 2.27. The summed E-state index contributed by atoms with van der Waals surface area (Å²) in [6.45, 7) is 12.8. The average molecular weight is 284 g/mol. The van der Waals surface area contributed by atoms with E-state index >= 15 is 0 Å². The van der Waals surface area contributed by atoms with Gasteiger partial charge in [0.2, 0.25) is 0 Å². The molecule has 0 aromatic heterocycles. The number of fused-ring (bicyclic) bond motifs is 3. The molecule has 0 atom stereocenters. The van der Waals surface area contributed by atoms with Gasteiger partial charge in [0.1, 0.15) is 7.85 Å². The quantitative estimate of drug-likeness (QED) is 0.513. The molecule has 2 aromatic carbocycles. The lowest BCUT2D eigenvalue weighted by atomic mass is 9.84. The molecule has 22 heavy (non-hydrogen) atoms. The van der Waals surface area contributed by atoms with Gasteiger partial charge in [0.05, 0.1) is 0 Å². The third-order valence-corrected chi connectivity index (χ3v) is 4.43. The summed E-state index contributed by atoms with van der Waals surface area (Å²) in [6, 6.07) is 13.1. The molecule has 3 rings (SSSR count). The van der Waals surface area contributed by atoms with E-state index in [1.54, 1.807) is 0 Å². The van der Waals surface area contributed by atoms with Crippen LogP contribution in [0.15, 0.2) is 49.1 Å². The van der Waals surface area contributed by atoms with Crippen LogP contribution in [0.25, 0.3) is 22.2 Å². The van der Waals surface area contributed by atoms with Gasteiger partial charge in [0.15, 0.2) is 0 Å². The summed E-state index contributed by atoms with van der Waals surface area (Å²) in [5.74, 6) is 0. The second kappa shape index (κ2) is 5.02. The van der Waals surface area contributed by atoms with Gasteiger partial charge in [-0.3, -0.25) is 0 Å². The topological polar surface area (TPSA) is 0 Å². The highest BCUT2D eigenvalue weighted by molar-refractivity contribution is 6.42. The molecule has 0 unspecified atom stereocenters. The second-order valence-electron chi connectivity index (χ2n) is 6.97. The Morgan fingerprint density at radius 3 is 2.36 bits per heavy atom. The van der Waals surface area contributed by atoms with Gasteiger partial charge in [-0.25, -0.2) is 0 Å². The zero-order chi connectivity index (χ0) is 16.1. The molecule has 0 nitrogen and oxygen atoms in total. The van der Waals surface area contributed by atoms with Crippen molar-refractivity contribution in [1.29, 1.82) is 0 Å². The van der Waals surface area contributed by atoms with Crippen molar-refractivity contribution in [3.05, 3.63) is 71.3 Å². The predicted octanol–water partition coefficient (Wildman–Crippen LogP) is 5.56. The zero-order valence-corrected chi connectivity index (χ0v) is 13.8. The Labute approximate surface area is 135 Å². The van der Waals surface area contributed by atoms with Crippen molar-refractivity contribution >= 4 is 18.9 Å². The fourth-order valence-electron chi connectivity index (χ4n) is 3.24. The minimum atomic E-state index is 0.142. The molecule has 1 aliphatic rings. The minimum absolute atomic E-state index is 0.142. The fraction of sp³-hybridized carbons (Fsp3) is 0.238. The fourth-order valence-corrected chi connectivity index (χ4v) is 3.24. The number of hydrogen-bond donors (Lipinski definition) is 0. The van der Waals surface area contributed by atoms with Gasteiger partial charge < -0.3 is 0 Å². The van der Waals surface area contributed by atoms with Crippen LogP contribution in [0.2, 0.25) is 0 Å². The molecule has 0 spiro atoms. The molecule has 0 saturated heterocycles. The third kappa shape index (κ3) is 2.16. The summed E-state index contributed by atoms with van der Waals surface area (Å²) in [7, 11) is 6.02. The Bertz CT molecular complexity index is 801. The van der Waals surface area contributed by atoms with Crippen molar-refractivity contribution < 1.29 is 0 Å². The lowest BCUT2D eigenvalue weighted by molar-refractivity contribution is 0.590. The monoisotopic (exact) mass is 284 g/mol. The predicted molar refractivity (Wildman–Crippen MR) is 98.1 cm³/mol. The first kappa shape index (κ1) is 14.9. The van der Waals surface area contributed by atoms with Crippen molar-refractivity contribution in [1.82, 2.24) is 0 Å². The molecular formula is C21H21B. The average Bonchev–Trinajstić information content (AvgIpc) is 2.79. The Balaban J connectivity index is 2.33. The van der Waals surface area contributed by atoms with Crippen LogP contribution >= 0.6 is 0 Å². The normalized spacial score (nSPS) is 14.8. The number of hydrogen-bond acceptors (Lipinski definition) is 0. The van der Waals surface area contributed by atoms with Crippen LogP contribution in [-0.2, 0) is 5.41 Å². The van der Waals surface area contributed by atoms with Crippen molar-refractivity contribution in [3.8, 4) is 11.1 Å². The third-order valence-electron chi connectivity index (χ3n) is 4.43. The van der Waals surface area contributed by atoms with Gasteiger partial charge >= 0.3 is 0 Å². The highest BCUT2D eigenvalue weighted by Crippen LogP contribution is 2.47. The number of allylic oxidation sites excluding steroid dienone is 1. The molecule has 108 valence electrons. The summed E-state index contributed by atoms with van der Waals surface area (Å²) < 4.78 is 0. The van der Waals surface area contributed by atoms with Crippen molar-refractivity contribution in [2.75, 3.05) is 0 Å². The van der Waals surface area contributed by atoms with E-state index in [2.05, 4.69) is 76.7 Å². The lowest BCUT2D eigenvalue weighted by Crippen LogP contribution is -2.10. The molecule has 0 fully saturated rings. The first-order valence-electron chi connectivity index (χ1n) is 7.74. The largest absolute Gasteiger partial charge is 0.113 e. The molecule has 0 heterocycles. The summed E-state index contributed by atoms with van der Waals surface area (Å²) >= 11 is 0. The van der Waals surface area contributed by atoms with Crippen LogP contribution in [-0.4, -0.2) is 7.85 Å². The van der Waals surface area contributed by atoms with Crippen LogP contribution in [0, 0.1) is 0 Å². The maximum atomic E-state index is 6.02. The van der Waals surface area contributed by atoms with Crippen LogP contribution < -0.4 is 0 Å². The van der Waals surface area contributed by atoms with Crippen molar-refractivity contribution in [2.45, 2.75) is 33.1 Å². The molecule has 1 heteroatoms. The van der Waals surface area contributed by atoms with E-state index < -0.39 is 0 Å². The molecule has 0 N–H and O–H groups in total. The van der Waals surface area contributed by atoms with Gasteiger partial charge in [-0.15, -0.1) is 6.58 Å². The summed E-state index contributed by atoms with van der Waals surface area (Å²) in [5, 5.41) is 0. The maximum absolute atomic E-state index is 6.02. The zero-order valence-electron chi connectivity index (χ0n) is 13.8. The van der Waals surface area contributed by atoms with Gasteiger partial charge in [0, 0.05) is 0 Å². The molecule has 0 saturated carbocycles. The van der Waals surface area contributed by atoms with Crippen LogP contribution in [0.4, 0.5) is 0 Å². The van der Waals surface area contributed by atoms with Gasteiger partial charge in [-0.05, 0) is 57.4 Å². The van der Waals surface area contributed by atoms with E-state index in [1.807, 2.05) is 0 Å². The van der Waals surface area contributed by atoms with Gasteiger partial charge in [-0.1, -0.05) is 62.7 Å². The summed E-state index contributed by atoms with van der Waals surface area (Å²) in [5.41, 5.74) is 9.50. The Hall–Kier alpha value is -2.02. The standard InChI is InChI=1S/C21H21B/c1-6-15-17-11-10-14(21(3,4)5)12-19(17)18-9-7-8-16(13(2)22)20(15)18/h6-12H,2H2,1,3-5H3/b15-6-. The first-order valence-corrected chi connectivity index (χ1v) is 7.74. The molecule has 0 aliphatic heterocycles. The Kier molecular flexibility index (Phi) is 3.40. The smallest absolute Gasteiger partial charge is 0.106 e. The number of rotatable bonds is 1. The van der Waals surface area contributed by atoms with Crippen LogP contribution in [0.1, 0.15) is 49.9 Å². The summed E-state index contributed by atoms with van der Waals surface area (Å²) in [4.78, 5) is 0. The van der Waals surface area contributed by atoms with Crippen LogP contribution in [0.3, 0.4) is 0 Å². The minimum Gasteiger partial charge on any atom is -0.106 e. The Morgan fingerprint density at radius 2 is 1.77 bits per heavy atom.